The molecule has 1 aliphatic carbocycles. The van der Waals surface area contributed by atoms with E-state index in [1.807, 2.05) is 32.9 Å². The van der Waals surface area contributed by atoms with Crippen molar-refractivity contribution in [3.63, 3.8) is 0 Å². The molecule has 1 fully saturated rings. The van der Waals surface area contributed by atoms with Gasteiger partial charge in [0.2, 0.25) is 10.0 Å². The van der Waals surface area contributed by atoms with Gasteiger partial charge >= 0.3 is 0 Å². The number of carbonyl (C=O) groups is 1. The molecule has 4 nitrogen and oxygen atoms in total. The van der Waals surface area contributed by atoms with E-state index >= 15 is 0 Å². The van der Waals surface area contributed by atoms with Crippen LogP contribution in [0.25, 0.3) is 5.57 Å². The minimum Gasteiger partial charge on any atom is -0.294 e. The number of allylic oxidation sites excluding steroid dienone is 2. The molecule has 0 unspecified atom stereocenters. The number of ketones is 1. The van der Waals surface area contributed by atoms with Gasteiger partial charge in [0.25, 0.3) is 0 Å². The molecule has 149 valence electrons. The summed E-state index contributed by atoms with van der Waals surface area (Å²) < 4.78 is 25.8. The molecule has 1 radical (unpaired) electrons. The molecule has 1 saturated heterocycles. The molecular formula is C23H28NO3S. The Bertz CT molecular complexity index is 961. The van der Waals surface area contributed by atoms with E-state index in [-0.39, 0.29) is 17.0 Å². The second-order valence-electron chi connectivity index (χ2n) is 7.99. The van der Waals surface area contributed by atoms with E-state index in [1.165, 1.54) is 0 Å². The van der Waals surface area contributed by atoms with E-state index in [1.54, 1.807) is 11.2 Å². The summed E-state index contributed by atoms with van der Waals surface area (Å²) in [5, 5.41) is 0. The van der Waals surface area contributed by atoms with Crippen LogP contribution in [0, 0.1) is 37.2 Å². The number of sulfonamides is 1. The van der Waals surface area contributed by atoms with Crippen molar-refractivity contribution in [1.29, 1.82) is 0 Å². The van der Waals surface area contributed by atoms with E-state index in [0.29, 0.717) is 31.5 Å². The fourth-order valence-corrected chi connectivity index (χ4v) is 5.55. The molecule has 0 amide bonds. The van der Waals surface area contributed by atoms with Gasteiger partial charge in [0, 0.05) is 30.6 Å². The zero-order valence-electron chi connectivity index (χ0n) is 17.2. The summed E-state index contributed by atoms with van der Waals surface area (Å²) in [6.07, 6.45) is 6.05. The van der Waals surface area contributed by atoms with Crippen molar-refractivity contribution in [2.45, 2.75) is 53.4 Å². The molecule has 0 aromatic heterocycles. The molecule has 28 heavy (non-hydrogen) atoms. The first kappa shape index (κ1) is 20.8. The number of Topliss-reactive ketones (excluding diaryl/α,β-unsaturated/α-hetero) is 1. The van der Waals surface area contributed by atoms with Crippen LogP contribution in [-0.4, -0.2) is 37.3 Å². The number of rotatable bonds is 3. The summed E-state index contributed by atoms with van der Waals surface area (Å²) in [6, 6.07) is 4.05. The Morgan fingerprint density at radius 2 is 1.79 bits per heavy atom. The molecule has 3 rings (SSSR count). The Morgan fingerprint density at radius 3 is 2.29 bits per heavy atom. The molecule has 1 aromatic carbocycles. The first-order valence-corrected chi connectivity index (χ1v) is 11.5. The number of benzene rings is 1. The molecule has 1 aliphatic heterocycles. The third-order valence-corrected chi connectivity index (χ3v) is 7.93. The molecule has 1 aromatic rings. The summed E-state index contributed by atoms with van der Waals surface area (Å²) in [6.45, 7) is 8.53. The highest BCUT2D eigenvalue weighted by Crippen LogP contribution is 2.45. The molecule has 0 atom stereocenters. The number of aryl methyl sites for hydroxylation is 2. The molecule has 2 aliphatic rings. The van der Waals surface area contributed by atoms with Crippen molar-refractivity contribution in [3.05, 3.63) is 40.5 Å². The van der Waals surface area contributed by atoms with Crippen LogP contribution in [0.2, 0.25) is 0 Å². The van der Waals surface area contributed by atoms with Gasteiger partial charge < -0.3 is 0 Å². The highest BCUT2D eigenvalue weighted by Gasteiger charge is 2.41. The zero-order valence-corrected chi connectivity index (χ0v) is 18.0. The fourth-order valence-electron chi connectivity index (χ4n) is 4.44. The lowest BCUT2D eigenvalue weighted by atomic mass is 9.67. The molecule has 0 N–H and O–H groups in total. The average Bonchev–Trinajstić information content (AvgIpc) is 2.64. The van der Waals surface area contributed by atoms with Crippen molar-refractivity contribution in [3.8, 4) is 11.8 Å². The first-order chi connectivity index (χ1) is 13.2. The van der Waals surface area contributed by atoms with Gasteiger partial charge in [0.05, 0.1) is 5.75 Å². The standard InChI is InChI=1S/C23H28NO3S/c1-5-7-19-14-17(3)22(18(4)15-19)20-8-9-23(16-21(20)25)10-12-24(13-11-23)28(26,27)6-2/h14-15H,6,9-13,16H2,1-4H3. The summed E-state index contributed by atoms with van der Waals surface area (Å²) in [4.78, 5) is 13.1. The lowest BCUT2D eigenvalue weighted by molar-refractivity contribution is -0.117. The van der Waals surface area contributed by atoms with Crippen LogP contribution >= 0.6 is 0 Å². The van der Waals surface area contributed by atoms with Gasteiger partial charge in [0.1, 0.15) is 0 Å². The van der Waals surface area contributed by atoms with Crippen molar-refractivity contribution in [2.75, 3.05) is 18.8 Å². The molecule has 1 heterocycles. The lowest BCUT2D eigenvalue weighted by Gasteiger charge is -2.42. The predicted octanol–water partition coefficient (Wildman–Crippen LogP) is 3.66. The number of carbonyl (C=O) groups excluding carboxylic acids is 1. The Hall–Kier alpha value is -1.90. The maximum Gasteiger partial charge on any atom is 0.213 e. The molecule has 0 bridgehead atoms. The second kappa shape index (κ2) is 7.85. The SMILES string of the molecule is CC#Cc1cc(C)c(C2=[C]CC3(CCN(S(=O)(=O)CC)CC3)CC2=O)c(C)c1. The van der Waals surface area contributed by atoms with Crippen molar-refractivity contribution in [2.24, 2.45) is 5.41 Å². The van der Waals surface area contributed by atoms with Gasteiger partial charge in [-0.3, -0.25) is 4.79 Å². The third kappa shape index (κ3) is 3.94. The van der Waals surface area contributed by atoms with Crippen LogP contribution in [0.1, 0.15) is 61.8 Å². The lowest BCUT2D eigenvalue weighted by Crippen LogP contribution is -2.45. The molecule has 0 saturated carbocycles. The second-order valence-corrected chi connectivity index (χ2v) is 10.2. The van der Waals surface area contributed by atoms with Gasteiger partial charge in [-0.05, 0) is 87.3 Å². The Labute approximate surface area is 169 Å². The van der Waals surface area contributed by atoms with E-state index < -0.39 is 10.0 Å². The quantitative estimate of drug-likeness (QED) is 0.730. The minimum absolute atomic E-state index is 0.124. The molecular weight excluding hydrogens is 370 g/mol. The van der Waals surface area contributed by atoms with Crippen LogP contribution in [0.15, 0.2) is 12.1 Å². The third-order valence-electron chi connectivity index (χ3n) is 6.05. The van der Waals surface area contributed by atoms with E-state index in [0.717, 1.165) is 35.1 Å². The molecule has 1 spiro atoms. The summed E-state index contributed by atoms with van der Waals surface area (Å²) in [5.74, 6) is 6.25. The number of hydrogen-bond acceptors (Lipinski definition) is 3. The summed E-state index contributed by atoms with van der Waals surface area (Å²) >= 11 is 0. The fraction of sp³-hybridized carbons (Fsp3) is 0.522. The van der Waals surface area contributed by atoms with Crippen LogP contribution in [0.4, 0.5) is 0 Å². The van der Waals surface area contributed by atoms with Crippen LogP contribution in [0.5, 0.6) is 0 Å². The van der Waals surface area contributed by atoms with Gasteiger partial charge in [-0.15, -0.1) is 5.92 Å². The average molecular weight is 399 g/mol. The zero-order chi connectivity index (χ0) is 20.5. The van der Waals surface area contributed by atoms with Gasteiger partial charge in [-0.1, -0.05) is 5.92 Å². The monoisotopic (exact) mass is 398 g/mol. The highest BCUT2D eigenvalue weighted by atomic mass is 32.2. The normalized spacial score (nSPS) is 19.9. The predicted molar refractivity (Wildman–Crippen MR) is 112 cm³/mol. The van der Waals surface area contributed by atoms with Crippen molar-refractivity contribution < 1.29 is 13.2 Å². The number of piperidine rings is 1. The van der Waals surface area contributed by atoms with E-state index in [4.69, 9.17) is 0 Å². The smallest absolute Gasteiger partial charge is 0.213 e. The van der Waals surface area contributed by atoms with E-state index in [2.05, 4.69) is 17.9 Å². The minimum atomic E-state index is -3.15. The van der Waals surface area contributed by atoms with Crippen molar-refractivity contribution in [1.82, 2.24) is 4.31 Å². The number of hydrogen-bond donors (Lipinski definition) is 0. The number of nitrogens with zero attached hydrogens (tertiary/aromatic N) is 1. The maximum atomic E-state index is 13.1. The van der Waals surface area contributed by atoms with Gasteiger partial charge in [0.15, 0.2) is 5.78 Å². The van der Waals surface area contributed by atoms with Crippen LogP contribution in [-0.2, 0) is 14.8 Å². The largest absolute Gasteiger partial charge is 0.294 e. The Kier molecular flexibility index (Phi) is 5.84. The van der Waals surface area contributed by atoms with E-state index in [9.17, 15) is 13.2 Å². The van der Waals surface area contributed by atoms with Crippen molar-refractivity contribution >= 4 is 21.4 Å². The molecule has 5 heteroatoms. The van der Waals surface area contributed by atoms with Gasteiger partial charge in [-0.25, -0.2) is 12.7 Å². The Balaban J connectivity index is 1.83. The van der Waals surface area contributed by atoms with Crippen LogP contribution < -0.4 is 0 Å². The topological polar surface area (TPSA) is 54.5 Å². The Morgan fingerprint density at radius 1 is 1.18 bits per heavy atom. The van der Waals surface area contributed by atoms with Gasteiger partial charge in [-0.2, -0.15) is 0 Å². The van der Waals surface area contributed by atoms with Crippen LogP contribution in [0.3, 0.4) is 0 Å². The summed E-state index contributed by atoms with van der Waals surface area (Å²) in [7, 11) is -3.15. The highest BCUT2D eigenvalue weighted by molar-refractivity contribution is 7.89. The summed E-state index contributed by atoms with van der Waals surface area (Å²) in [5.41, 5.74) is 4.59. The first-order valence-electron chi connectivity index (χ1n) is 9.87. The maximum absolute atomic E-state index is 13.1.